The number of pyridine rings is 1. The summed E-state index contributed by atoms with van der Waals surface area (Å²) in [5.74, 6) is -2.35. The van der Waals surface area contributed by atoms with E-state index >= 15 is 0 Å². The van der Waals surface area contributed by atoms with Crippen LogP contribution >= 0.6 is 0 Å². The Kier molecular flexibility index (Phi) is 5.13. The molecular weight excluding hydrogens is 380 g/mol. The number of carboxylic acid groups (broad SMARTS) is 1. The third-order valence-electron chi connectivity index (χ3n) is 4.89. The minimum atomic E-state index is -1.31. The molecule has 30 heavy (non-hydrogen) atoms. The number of carboxylic acids is 1. The third-order valence-corrected chi connectivity index (χ3v) is 4.89. The van der Waals surface area contributed by atoms with Gasteiger partial charge in [-0.3, -0.25) is 9.78 Å². The van der Waals surface area contributed by atoms with Gasteiger partial charge in [-0.25, -0.2) is 4.79 Å². The molecule has 1 amide bonds. The van der Waals surface area contributed by atoms with Gasteiger partial charge in [0.15, 0.2) is 0 Å². The van der Waals surface area contributed by atoms with Crippen molar-refractivity contribution in [3.63, 3.8) is 0 Å². The van der Waals surface area contributed by atoms with Crippen LogP contribution in [0, 0.1) is 0 Å². The van der Waals surface area contributed by atoms with Gasteiger partial charge < -0.3 is 15.5 Å². The van der Waals surface area contributed by atoms with Crippen LogP contribution in [0.5, 0.6) is 5.75 Å². The summed E-state index contributed by atoms with van der Waals surface area (Å²) >= 11 is 0. The number of hydrogen-bond acceptors (Lipinski definition) is 4. The smallest absolute Gasteiger partial charge is 0.335 e. The maximum absolute atomic E-state index is 13.2. The molecule has 3 aromatic carbocycles. The average molecular weight is 397 g/mol. The molecule has 0 aliphatic carbocycles. The van der Waals surface area contributed by atoms with Crippen LogP contribution in [0.4, 0.5) is 0 Å². The molecule has 0 bridgehead atoms. The second-order valence-corrected chi connectivity index (χ2v) is 6.75. The van der Waals surface area contributed by atoms with Crippen molar-refractivity contribution in [2.45, 2.75) is 6.04 Å². The number of carbonyl (C=O) groups excluding carboxylic acids is 1. The molecule has 0 fully saturated rings. The molecule has 6 heteroatoms. The van der Waals surface area contributed by atoms with Crippen molar-refractivity contribution in [3.05, 3.63) is 107 Å². The number of aromatic carboxylic acids is 1. The van der Waals surface area contributed by atoms with Gasteiger partial charge in [-0.15, -0.1) is 0 Å². The van der Waals surface area contributed by atoms with E-state index in [1.165, 1.54) is 12.3 Å². The van der Waals surface area contributed by atoms with Crippen molar-refractivity contribution in [3.8, 4) is 5.75 Å². The highest BCUT2D eigenvalue weighted by Gasteiger charge is 2.23. The van der Waals surface area contributed by atoms with Crippen molar-refractivity contribution >= 4 is 22.6 Å². The zero-order chi connectivity index (χ0) is 21.1. The number of carbonyl (C=O) groups is 2. The SMILES string of the molecule is O=C(N[C@H](c1ccccc1)c1c([O-])c(C(=O)O)cc2ccccc12)c1cccnc1. The highest BCUT2D eigenvalue weighted by atomic mass is 16.4. The Hall–Kier alpha value is -4.19. The molecule has 0 radical (unpaired) electrons. The lowest BCUT2D eigenvalue weighted by atomic mass is 9.90. The average Bonchev–Trinajstić information content (AvgIpc) is 2.78. The minimum Gasteiger partial charge on any atom is -0.872 e. The molecule has 0 aliphatic heterocycles. The zero-order valence-corrected chi connectivity index (χ0v) is 15.8. The first kappa shape index (κ1) is 19.1. The van der Waals surface area contributed by atoms with Gasteiger partial charge >= 0.3 is 5.97 Å². The van der Waals surface area contributed by atoms with Gasteiger partial charge in [-0.1, -0.05) is 60.3 Å². The summed E-state index contributed by atoms with van der Waals surface area (Å²) in [4.78, 5) is 28.6. The molecule has 0 aliphatic rings. The highest BCUT2D eigenvalue weighted by molar-refractivity contribution is 6.01. The first-order valence-corrected chi connectivity index (χ1v) is 9.28. The number of benzene rings is 3. The van der Waals surface area contributed by atoms with Crippen LogP contribution in [0.3, 0.4) is 0 Å². The maximum Gasteiger partial charge on any atom is 0.335 e. The van der Waals surface area contributed by atoms with E-state index in [-0.39, 0.29) is 11.1 Å². The van der Waals surface area contributed by atoms with Crippen LogP contribution in [0.1, 0.15) is 37.9 Å². The predicted octanol–water partition coefficient (Wildman–Crippen LogP) is 3.53. The van der Waals surface area contributed by atoms with Gasteiger partial charge in [0, 0.05) is 12.4 Å². The first-order chi connectivity index (χ1) is 14.6. The Balaban J connectivity index is 1.94. The fourth-order valence-electron chi connectivity index (χ4n) is 3.48. The molecule has 6 nitrogen and oxygen atoms in total. The van der Waals surface area contributed by atoms with Gasteiger partial charge in [-0.2, -0.15) is 0 Å². The molecular formula is C24H17N2O4-. The van der Waals surface area contributed by atoms with Crippen LogP contribution in [0.25, 0.3) is 10.8 Å². The topological polar surface area (TPSA) is 102 Å². The molecule has 1 aromatic heterocycles. The summed E-state index contributed by atoms with van der Waals surface area (Å²) in [6.45, 7) is 0. The quantitative estimate of drug-likeness (QED) is 0.536. The molecule has 2 N–H and O–H groups in total. The second kappa shape index (κ2) is 8.05. The Bertz CT molecular complexity index is 1220. The summed E-state index contributed by atoms with van der Waals surface area (Å²) in [7, 11) is 0. The summed E-state index contributed by atoms with van der Waals surface area (Å²) in [6, 6.07) is 19.8. The van der Waals surface area contributed by atoms with Crippen molar-refractivity contribution in [2.24, 2.45) is 0 Å². The van der Waals surface area contributed by atoms with Crippen LogP contribution in [-0.4, -0.2) is 22.0 Å². The lowest BCUT2D eigenvalue weighted by molar-refractivity contribution is -0.269. The van der Waals surface area contributed by atoms with Gasteiger partial charge in [0.25, 0.3) is 5.91 Å². The van der Waals surface area contributed by atoms with E-state index < -0.39 is 23.7 Å². The predicted molar refractivity (Wildman–Crippen MR) is 110 cm³/mol. The lowest BCUT2D eigenvalue weighted by Gasteiger charge is -2.28. The Morgan fingerprint density at radius 3 is 2.40 bits per heavy atom. The number of hydrogen-bond donors (Lipinski definition) is 2. The molecule has 148 valence electrons. The molecule has 0 saturated carbocycles. The van der Waals surface area contributed by atoms with Gasteiger partial charge in [0.05, 0.1) is 17.2 Å². The normalized spacial score (nSPS) is 11.7. The summed E-state index contributed by atoms with van der Waals surface area (Å²) in [5.41, 5.74) is 0.887. The molecule has 4 rings (SSSR count). The van der Waals surface area contributed by atoms with E-state index in [1.807, 2.05) is 6.07 Å². The number of aromatic nitrogens is 1. The minimum absolute atomic E-state index is 0.217. The van der Waals surface area contributed by atoms with Crippen molar-refractivity contribution in [2.75, 3.05) is 0 Å². The van der Waals surface area contributed by atoms with Crippen molar-refractivity contribution in [1.29, 1.82) is 0 Å². The van der Waals surface area contributed by atoms with Crippen LogP contribution in [-0.2, 0) is 0 Å². The Labute approximate surface area is 172 Å². The Morgan fingerprint density at radius 2 is 1.70 bits per heavy atom. The number of fused-ring (bicyclic) bond motifs is 1. The molecule has 0 unspecified atom stereocenters. The van der Waals surface area contributed by atoms with Crippen LogP contribution in [0.15, 0.2) is 85.2 Å². The van der Waals surface area contributed by atoms with E-state index in [9.17, 15) is 19.8 Å². The lowest BCUT2D eigenvalue weighted by Crippen LogP contribution is -2.30. The standard InChI is InChI=1S/C24H18N2O4/c27-22-19(24(29)30)13-16-9-4-5-11-18(16)20(22)21(15-7-2-1-3-8-15)26-23(28)17-10-6-12-25-14-17/h1-14,21,27H,(H,26,28)(H,29,30)/p-1/t21-/m1/s1. The van der Waals surface area contributed by atoms with E-state index in [4.69, 9.17) is 0 Å². The Morgan fingerprint density at radius 1 is 0.967 bits per heavy atom. The van der Waals surface area contributed by atoms with E-state index in [2.05, 4.69) is 10.3 Å². The third kappa shape index (κ3) is 3.58. The molecule has 1 heterocycles. The fourth-order valence-corrected chi connectivity index (χ4v) is 3.48. The van der Waals surface area contributed by atoms with Crippen molar-refractivity contribution in [1.82, 2.24) is 10.3 Å². The van der Waals surface area contributed by atoms with E-state index in [0.29, 0.717) is 21.9 Å². The van der Waals surface area contributed by atoms with E-state index in [1.54, 1.807) is 66.9 Å². The number of nitrogens with one attached hydrogen (secondary N) is 1. The number of nitrogens with zero attached hydrogens (tertiary/aromatic N) is 1. The van der Waals surface area contributed by atoms with Crippen LogP contribution in [0.2, 0.25) is 0 Å². The molecule has 4 aromatic rings. The monoisotopic (exact) mass is 397 g/mol. The fraction of sp³-hybridized carbons (Fsp3) is 0.0417. The summed E-state index contributed by atoms with van der Waals surface area (Å²) < 4.78 is 0. The molecule has 0 spiro atoms. The molecule has 1 atom stereocenters. The second-order valence-electron chi connectivity index (χ2n) is 6.75. The van der Waals surface area contributed by atoms with Gasteiger partial charge in [0.2, 0.25) is 0 Å². The largest absolute Gasteiger partial charge is 0.872 e. The van der Waals surface area contributed by atoms with Gasteiger partial charge in [-0.05, 0) is 40.1 Å². The number of amides is 1. The van der Waals surface area contributed by atoms with Crippen LogP contribution < -0.4 is 10.4 Å². The highest BCUT2D eigenvalue weighted by Crippen LogP contribution is 2.37. The first-order valence-electron chi connectivity index (χ1n) is 9.28. The molecule has 0 saturated heterocycles. The zero-order valence-electron chi connectivity index (χ0n) is 15.8. The van der Waals surface area contributed by atoms with E-state index in [0.717, 1.165) is 0 Å². The van der Waals surface area contributed by atoms with Gasteiger partial charge in [0.1, 0.15) is 0 Å². The number of rotatable bonds is 5. The maximum atomic E-state index is 13.2. The van der Waals surface area contributed by atoms with Crippen molar-refractivity contribution < 1.29 is 19.8 Å². The summed E-state index contributed by atoms with van der Waals surface area (Å²) in [6.07, 6.45) is 2.99. The summed E-state index contributed by atoms with van der Waals surface area (Å²) in [5, 5.41) is 26.9.